The lowest BCUT2D eigenvalue weighted by Crippen LogP contribution is -2.20. The van der Waals surface area contributed by atoms with Gasteiger partial charge in [-0.3, -0.25) is 4.79 Å². The van der Waals surface area contributed by atoms with Gasteiger partial charge < -0.3 is 10.6 Å². The van der Waals surface area contributed by atoms with Crippen LogP contribution in [0, 0.1) is 0 Å². The van der Waals surface area contributed by atoms with E-state index >= 15 is 0 Å². The first kappa shape index (κ1) is 10.9. The van der Waals surface area contributed by atoms with E-state index in [1.165, 1.54) is 0 Å². The monoisotopic (exact) mass is 212 g/mol. The molecule has 0 radical (unpaired) electrons. The fraction of sp³-hybridized carbons (Fsp3) is 0.300. The number of anilines is 1. The molecule has 76 valence electrons. The smallest absolute Gasteiger partial charge is 0.221 e. The number of hydrogen-bond donors (Lipinski definition) is 2. The highest BCUT2D eigenvalue weighted by Crippen LogP contribution is 2.14. The van der Waals surface area contributed by atoms with E-state index in [2.05, 4.69) is 10.6 Å². The molecule has 1 aromatic rings. The first-order valence-corrected chi connectivity index (χ1v) is 4.80. The van der Waals surface area contributed by atoms with Gasteiger partial charge in [0, 0.05) is 30.7 Å². The Morgan fingerprint density at radius 3 is 2.93 bits per heavy atom. The maximum atomic E-state index is 10.9. The van der Waals surface area contributed by atoms with E-state index in [1.54, 1.807) is 7.05 Å². The van der Waals surface area contributed by atoms with Gasteiger partial charge in [-0.05, 0) is 18.2 Å². The molecule has 0 aliphatic carbocycles. The summed E-state index contributed by atoms with van der Waals surface area (Å²) in [5.74, 6) is 0.0273. The van der Waals surface area contributed by atoms with Crippen molar-refractivity contribution < 1.29 is 4.79 Å². The Hall–Kier alpha value is -1.22. The van der Waals surface area contributed by atoms with Crippen LogP contribution >= 0.6 is 11.6 Å². The Kier molecular flexibility index (Phi) is 4.26. The topological polar surface area (TPSA) is 41.1 Å². The Balaban J connectivity index is 2.35. The van der Waals surface area contributed by atoms with Crippen LogP contribution in [0.2, 0.25) is 5.02 Å². The number of hydrogen-bond acceptors (Lipinski definition) is 2. The van der Waals surface area contributed by atoms with Gasteiger partial charge in [-0.25, -0.2) is 0 Å². The quantitative estimate of drug-likeness (QED) is 0.801. The summed E-state index contributed by atoms with van der Waals surface area (Å²) in [5, 5.41) is 6.35. The molecule has 0 unspecified atom stereocenters. The van der Waals surface area contributed by atoms with E-state index < -0.39 is 0 Å². The van der Waals surface area contributed by atoms with Crippen molar-refractivity contribution in [2.75, 3.05) is 18.9 Å². The summed E-state index contributed by atoms with van der Waals surface area (Å²) in [6.45, 7) is 0.611. The summed E-state index contributed by atoms with van der Waals surface area (Å²) in [5.41, 5.74) is 0.932. The summed E-state index contributed by atoms with van der Waals surface area (Å²) in [6, 6.07) is 7.41. The standard InChI is InChI=1S/C10H13ClN2O/c1-12-10(14)5-6-13-9-4-2-3-8(11)7-9/h2-4,7,13H,5-6H2,1H3,(H,12,14). The van der Waals surface area contributed by atoms with Gasteiger partial charge in [0.2, 0.25) is 5.91 Å². The normalized spacial score (nSPS) is 9.57. The van der Waals surface area contributed by atoms with E-state index in [0.29, 0.717) is 18.0 Å². The van der Waals surface area contributed by atoms with Crippen LogP contribution in [0.25, 0.3) is 0 Å². The Bertz CT molecular complexity index is 315. The maximum Gasteiger partial charge on any atom is 0.221 e. The molecule has 0 heterocycles. The van der Waals surface area contributed by atoms with Crippen LogP contribution in [0.1, 0.15) is 6.42 Å². The van der Waals surface area contributed by atoms with Gasteiger partial charge in [-0.1, -0.05) is 17.7 Å². The van der Waals surface area contributed by atoms with Crippen LogP contribution in [-0.2, 0) is 4.79 Å². The molecule has 0 aliphatic rings. The second-order valence-corrected chi connectivity index (χ2v) is 3.30. The highest BCUT2D eigenvalue weighted by Gasteiger charge is 1.97. The summed E-state index contributed by atoms with van der Waals surface area (Å²) in [4.78, 5) is 10.9. The van der Waals surface area contributed by atoms with Gasteiger partial charge in [-0.2, -0.15) is 0 Å². The Labute approximate surface area is 88.5 Å². The third-order valence-electron chi connectivity index (χ3n) is 1.78. The summed E-state index contributed by atoms with van der Waals surface area (Å²) >= 11 is 5.79. The van der Waals surface area contributed by atoms with Gasteiger partial charge in [0.25, 0.3) is 0 Å². The number of rotatable bonds is 4. The average molecular weight is 213 g/mol. The molecule has 1 aromatic carbocycles. The fourth-order valence-electron chi connectivity index (χ4n) is 1.04. The van der Waals surface area contributed by atoms with Gasteiger partial charge in [0.1, 0.15) is 0 Å². The zero-order valence-electron chi connectivity index (χ0n) is 8.01. The van der Waals surface area contributed by atoms with Crippen molar-refractivity contribution in [3.63, 3.8) is 0 Å². The molecule has 1 amide bonds. The molecule has 1 rings (SSSR count). The molecular formula is C10H13ClN2O. The van der Waals surface area contributed by atoms with Gasteiger partial charge in [0.05, 0.1) is 0 Å². The molecule has 0 saturated heterocycles. The van der Waals surface area contributed by atoms with Crippen molar-refractivity contribution >= 4 is 23.2 Å². The summed E-state index contributed by atoms with van der Waals surface area (Å²) in [7, 11) is 1.63. The third-order valence-corrected chi connectivity index (χ3v) is 2.02. The molecule has 0 fully saturated rings. The number of carbonyl (C=O) groups is 1. The van der Waals surface area contributed by atoms with Crippen molar-refractivity contribution in [1.29, 1.82) is 0 Å². The van der Waals surface area contributed by atoms with Crippen LogP contribution in [0.15, 0.2) is 24.3 Å². The Morgan fingerprint density at radius 1 is 1.50 bits per heavy atom. The minimum absolute atomic E-state index is 0.0273. The van der Waals surface area contributed by atoms with E-state index in [4.69, 9.17) is 11.6 Å². The highest BCUT2D eigenvalue weighted by atomic mass is 35.5. The molecule has 14 heavy (non-hydrogen) atoms. The van der Waals surface area contributed by atoms with Crippen LogP contribution in [-0.4, -0.2) is 19.5 Å². The lowest BCUT2D eigenvalue weighted by molar-refractivity contribution is -0.120. The molecule has 3 nitrogen and oxygen atoms in total. The molecule has 0 saturated carbocycles. The van der Waals surface area contributed by atoms with E-state index in [1.807, 2.05) is 24.3 Å². The molecular weight excluding hydrogens is 200 g/mol. The predicted molar refractivity (Wildman–Crippen MR) is 58.6 cm³/mol. The first-order valence-electron chi connectivity index (χ1n) is 4.42. The molecule has 0 bridgehead atoms. The van der Waals surface area contributed by atoms with E-state index in [0.717, 1.165) is 5.69 Å². The van der Waals surface area contributed by atoms with Crippen molar-refractivity contribution in [3.8, 4) is 0 Å². The zero-order valence-corrected chi connectivity index (χ0v) is 8.77. The number of halogens is 1. The van der Waals surface area contributed by atoms with Crippen LogP contribution < -0.4 is 10.6 Å². The lowest BCUT2D eigenvalue weighted by Gasteiger charge is -2.05. The fourth-order valence-corrected chi connectivity index (χ4v) is 1.23. The molecule has 2 N–H and O–H groups in total. The van der Waals surface area contributed by atoms with E-state index in [-0.39, 0.29) is 5.91 Å². The van der Waals surface area contributed by atoms with E-state index in [9.17, 15) is 4.79 Å². The average Bonchev–Trinajstić information content (AvgIpc) is 2.17. The number of benzene rings is 1. The first-order chi connectivity index (χ1) is 6.72. The predicted octanol–water partition coefficient (Wildman–Crippen LogP) is 1.89. The van der Waals surface area contributed by atoms with Crippen molar-refractivity contribution in [3.05, 3.63) is 29.3 Å². The molecule has 0 atom stereocenters. The third kappa shape index (κ3) is 3.66. The van der Waals surface area contributed by atoms with Crippen molar-refractivity contribution in [2.24, 2.45) is 0 Å². The second kappa shape index (κ2) is 5.50. The van der Waals surface area contributed by atoms with Crippen LogP contribution in [0.4, 0.5) is 5.69 Å². The Morgan fingerprint density at radius 2 is 2.29 bits per heavy atom. The molecule has 0 aliphatic heterocycles. The molecule has 0 spiro atoms. The number of nitrogens with one attached hydrogen (secondary N) is 2. The lowest BCUT2D eigenvalue weighted by atomic mass is 10.3. The maximum absolute atomic E-state index is 10.9. The number of carbonyl (C=O) groups excluding carboxylic acids is 1. The second-order valence-electron chi connectivity index (χ2n) is 2.86. The number of amides is 1. The van der Waals surface area contributed by atoms with Gasteiger partial charge in [-0.15, -0.1) is 0 Å². The minimum Gasteiger partial charge on any atom is -0.384 e. The highest BCUT2D eigenvalue weighted by molar-refractivity contribution is 6.30. The zero-order chi connectivity index (χ0) is 10.4. The van der Waals surface area contributed by atoms with Crippen molar-refractivity contribution in [1.82, 2.24) is 5.32 Å². The van der Waals surface area contributed by atoms with Crippen LogP contribution in [0.5, 0.6) is 0 Å². The molecule has 0 aromatic heterocycles. The van der Waals surface area contributed by atoms with Gasteiger partial charge in [0.15, 0.2) is 0 Å². The largest absolute Gasteiger partial charge is 0.384 e. The summed E-state index contributed by atoms with van der Waals surface area (Å²) in [6.07, 6.45) is 0.461. The molecule has 4 heteroatoms. The summed E-state index contributed by atoms with van der Waals surface area (Å²) < 4.78 is 0. The van der Waals surface area contributed by atoms with Crippen LogP contribution in [0.3, 0.4) is 0 Å². The SMILES string of the molecule is CNC(=O)CCNc1cccc(Cl)c1. The van der Waals surface area contributed by atoms with Crippen molar-refractivity contribution in [2.45, 2.75) is 6.42 Å². The minimum atomic E-state index is 0.0273. The van der Waals surface area contributed by atoms with Gasteiger partial charge >= 0.3 is 0 Å².